The number of nitrogens with one attached hydrogen (secondary N) is 1. The van der Waals surface area contributed by atoms with E-state index in [1.165, 1.54) is 0 Å². The first-order chi connectivity index (χ1) is 9.70. The number of aromatic nitrogens is 2. The fraction of sp³-hybridized carbons (Fsp3) is 0.333. The largest absolute Gasteiger partial charge is 0.469 e. The van der Waals surface area contributed by atoms with Gasteiger partial charge in [-0.1, -0.05) is 37.3 Å². The van der Waals surface area contributed by atoms with Gasteiger partial charge in [0.2, 0.25) is 11.8 Å². The van der Waals surface area contributed by atoms with Crippen molar-refractivity contribution in [3.8, 4) is 5.88 Å². The number of nitrogens with zero attached hydrogens (tertiary/aromatic N) is 2. The summed E-state index contributed by atoms with van der Waals surface area (Å²) >= 11 is 3.42. The zero-order chi connectivity index (χ0) is 14.4. The molecule has 1 heterocycles. The van der Waals surface area contributed by atoms with Gasteiger partial charge in [-0.3, -0.25) is 0 Å². The van der Waals surface area contributed by atoms with Crippen LogP contribution in [-0.2, 0) is 0 Å². The summed E-state index contributed by atoms with van der Waals surface area (Å²) in [6.45, 7) is 4.94. The van der Waals surface area contributed by atoms with Crippen LogP contribution in [0.2, 0.25) is 0 Å². The molecular formula is C15H18BrN3O. The summed E-state index contributed by atoms with van der Waals surface area (Å²) in [5.41, 5.74) is 1.11. The molecular weight excluding hydrogens is 318 g/mol. The number of ether oxygens (including phenoxy) is 1. The highest BCUT2D eigenvalue weighted by Crippen LogP contribution is 2.27. The Morgan fingerprint density at radius 3 is 2.75 bits per heavy atom. The summed E-state index contributed by atoms with van der Waals surface area (Å²) in [6, 6.07) is 10.1. The van der Waals surface area contributed by atoms with Crippen molar-refractivity contribution in [2.24, 2.45) is 0 Å². The smallest absolute Gasteiger partial charge is 0.233 e. The zero-order valence-electron chi connectivity index (χ0n) is 11.6. The van der Waals surface area contributed by atoms with Gasteiger partial charge in [0.05, 0.1) is 10.7 Å². The first kappa shape index (κ1) is 14.8. The summed E-state index contributed by atoms with van der Waals surface area (Å²) < 4.78 is 6.67. The highest BCUT2D eigenvalue weighted by molar-refractivity contribution is 9.10. The minimum absolute atomic E-state index is 0.0681. The molecule has 0 aliphatic carbocycles. The van der Waals surface area contributed by atoms with E-state index in [4.69, 9.17) is 4.74 Å². The molecule has 0 saturated heterocycles. The maximum absolute atomic E-state index is 5.91. The lowest BCUT2D eigenvalue weighted by Crippen LogP contribution is -2.08. The molecule has 1 N–H and O–H groups in total. The molecule has 1 aromatic heterocycles. The van der Waals surface area contributed by atoms with Crippen LogP contribution in [0.25, 0.3) is 0 Å². The molecule has 0 bridgehead atoms. The monoisotopic (exact) mass is 335 g/mol. The van der Waals surface area contributed by atoms with Crippen molar-refractivity contribution < 1.29 is 4.74 Å². The average Bonchev–Trinajstić information content (AvgIpc) is 2.49. The standard InChI is InChI=1S/C15H18BrN3O/c1-3-9-17-15-18-10-13(16)14(19-15)20-11(2)12-7-5-4-6-8-12/h4-8,10-11H,3,9H2,1-2H3,(H,17,18,19). The average molecular weight is 336 g/mol. The van der Waals surface area contributed by atoms with Crippen molar-refractivity contribution >= 4 is 21.9 Å². The first-order valence-corrected chi connectivity index (χ1v) is 7.48. The first-order valence-electron chi connectivity index (χ1n) is 6.68. The molecule has 0 amide bonds. The van der Waals surface area contributed by atoms with Gasteiger partial charge in [-0.2, -0.15) is 4.98 Å². The van der Waals surface area contributed by atoms with E-state index in [-0.39, 0.29) is 6.10 Å². The van der Waals surface area contributed by atoms with Crippen molar-refractivity contribution in [2.75, 3.05) is 11.9 Å². The number of benzene rings is 1. The minimum atomic E-state index is -0.0681. The van der Waals surface area contributed by atoms with Gasteiger partial charge in [0.25, 0.3) is 0 Å². The molecule has 0 spiro atoms. The summed E-state index contributed by atoms with van der Waals surface area (Å²) in [5, 5.41) is 3.15. The number of rotatable bonds is 6. The van der Waals surface area contributed by atoms with E-state index < -0.39 is 0 Å². The molecule has 1 unspecified atom stereocenters. The van der Waals surface area contributed by atoms with Gasteiger partial charge < -0.3 is 10.1 Å². The van der Waals surface area contributed by atoms with E-state index in [1.807, 2.05) is 37.3 Å². The van der Waals surface area contributed by atoms with Crippen LogP contribution in [0.3, 0.4) is 0 Å². The highest BCUT2D eigenvalue weighted by atomic mass is 79.9. The van der Waals surface area contributed by atoms with Crippen molar-refractivity contribution in [1.29, 1.82) is 0 Å². The number of hydrogen-bond donors (Lipinski definition) is 1. The minimum Gasteiger partial charge on any atom is -0.469 e. The van der Waals surface area contributed by atoms with Gasteiger partial charge >= 0.3 is 0 Å². The van der Waals surface area contributed by atoms with Gasteiger partial charge in [-0.15, -0.1) is 0 Å². The molecule has 0 fully saturated rings. The van der Waals surface area contributed by atoms with E-state index in [0.717, 1.165) is 23.0 Å². The van der Waals surface area contributed by atoms with Crippen LogP contribution in [0, 0.1) is 0 Å². The van der Waals surface area contributed by atoms with Gasteiger partial charge in [0.1, 0.15) is 6.10 Å². The van der Waals surface area contributed by atoms with Crippen molar-refractivity contribution in [1.82, 2.24) is 9.97 Å². The van der Waals surface area contributed by atoms with Gasteiger partial charge in [-0.25, -0.2) is 4.98 Å². The summed E-state index contributed by atoms with van der Waals surface area (Å²) in [5.74, 6) is 1.14. The van der Waals surface area contributed by atoms with Crippen LogP contribution in [0.1, 0.15) is 31.9 Å². The maximum atomic E-state index is 5.91. The second-order valence-electron chi connectivity index (χ2n) is 4.44. The topological polar surface area (TPSA) is 47.0 Å². The fourth-order valence-corrected chi connectivity index (χ4v) is 2.00. The Morgan fingerprint density at radius 1 is 1.30 bits per heavy atom. The quantitative estimate of drug-likeness (QED) is 0.859. The maximum Gasteiger partial charge on any atom is 0.233 e. The third-order valence-corrected chi connectivity index (χ3v) is 3.35. The third kappa shape index (κ3) is 3.93. The molecule has 5 heteroatoms. The van der Waals surface area contributed by atoms with Crippen LogP contribution in [0.15, 0.2) is 41.0 Å². The van der Waals surface area contributed by atoms with Crippen molar-refractivity contribution in [3.05, 3.63) is 46.6 Å². The lowest BCUT2D eigenvalue weighted by atomic mass is 10.1. The lowest BCUT2D eigenvalue weighted by Gasteiger charge is -2.15. The molecule has 20 heavy (non-hydrogen) atoms. The predicted molar refractivity (Wildman–Crippen MR) is 84.0 cm³/mol. The molecule has 2 rings (SSSR count). The Labute approximate surface area is 127 Å². The number of anilines is 1. The van der Waals surface area contributed by atoms with Crippen LogP contribution < -0.4 is 10.1 Å². The predicted octanol–water partition coefficient (Wildman–Crippen LogP) is 4.20. The van der Waals surface area contributed by atoms with Gasteiger partial charge in [0.15, 0.2) is 0 Å². The Kier molecular flexibility index (Phi) is 5.35. The summed E-state index contributed by atoms with van der Waals surface area (Å²) in [4.78, 5) is 8.59. The van der Waals surface area contributed by atoms with E-state index >= 15 is 0 Å². The van der Waals surface area contributed by atoms with E-state index in [2.05, 4.69) is 38.1 Å². The summed E-state index contributed by atoms with van der Waals surface area (Å²) in [6.07, 6.45) is 2.66. The van der Waals surface area contributed by atoms with Crippen molar-refractivity contribution in [2.45, 2.75) is 26.4 Å². The highest BCUT2D eigenvalue weighted by Gasteiger charge is 2.12. The molecule has 0 saturated carbocycles. The van der Waals surface area contributed by atoms with Gasteiger partial charge in [-0.05, 0) is 34.8 Å². The fourth-order valence-electron chi connectivity index (χ4n) is 1.72. The molecule has 1 atom stereocenters. The molecule has 2 aromatic rings. The Hall–Kier alpha value is -1.62. The molecule has 0 aliphatic heterocycles. The van der Waals surface area contributed by atoms with E-state index in [9.17, 15) is 0 Å². The van der Waals surface area contributed by atoms with Crippen molar-refractivity contribution in [3.63, 3.8) is 0 Å². The second-order valence-corrected chi connectivity index (χ2v) is 5.30. The summed E-state index contributed by atoms with van der Waals surface area (Å²) in [7, 11) is 0. The van der Waals surface area contributed by atoms with Crippen LogP contribution in [0.5, 0.6) is 5.88 Å². The third-order valence-electron chi connectivity index (χ3n) is 2.80. The van der Waals surface area contributed by atoms with E-state index in [0.29, 0.717) is 11.8 Å². The zero-order valence-corrected chi connectivity index (χ0v) is 13.2. The molecule has 0 radical (unpaired) electrons. The Balaban J connectivity index is 2.11. The van der Waals surface area contributed by atoms with E-state index in [1.54, 1.807) is 6.20 Å². The normalized spacial score (nSPS) is 11.9. The van der Waals surface area contributed by atoms with Crippen LogP contribution >= 0.6 is 15.9 Å². The van der Waals surface area contributed by atoms with Gasteiger partial charge in [0, 0.05) is 6.54 Å². The number of hydrogen-bond acceptors (Lipinski definition) is 4. The molecule has 1 aromatic carbocycles. The lowest BCUT2D eigenvalue weighted by molar-refractivity contribution is 0.215. The Bertz CT molecular complexity index is 548. The Morgan fingerprint density at radius 2 is 2.05 bits per heavy atom. The number of halogens is 1. The second kappa shape index (κ2) is 7.24. The SMILES string of the molecule is CCCNc1ncc(Br)c(OC(C)c2ccccc2)n1. The van der Waals surface area contributed by atoms with Crippen LogP contribution in [0.4, 0.5) is 5.95 Å². The molecule has 106 valence electrons. The van der Waals surface area contributed by atoms with Crippen LogP contribution in [-0.4, -0.2) is 16.5 Å². The molecule has 0 aliphatic rings. The molecule has 4 nitrogen and oxygen atoms in total.